The molecule has 2 aliphatic rings. The Balaban J connectivity index is 1.59. The van der Waals surface area contributed by atoms with Crippen molar-refractivity contribution in [1.29, 1.82) is 0 Å². The molecule has 0 aromatic carbocycles. The summed E-state index contributed by atoms with van der Waals surface area (Å²) in [7, 11) is 1.58. The molecular formula is C16H25N3O3. The van der Waals surface area contributed by atoms with E-state index < -0.39 is 0 Å². The van der Waals surface area contributed by atoms with Crippen molar-refractivity contribution in [2.24, 2.45) is 11.8 Å². The first-order chi connectivity index (χ1) is 10.6. The molecule has 0 spiro atoms. The van der Waals surface area contributed by atoms with Gasteiger partial charge >= 0.3 is 0 Å². The Morgan fingerprint density at radius 3 is 2.77 bits per heavy atom. The van der Waals surface area contributed by atoms with E-state index in [1.54, 1.807) is 7.11 Å². The third-order valence-corrected chi connectivity index (χ3v) is 5.07. The molecule has 2 aliphatic heterocycles. The van der Waals surface area contributed by atoms with Crippen LogP contribution >= 0.6 is 0 Å². The quantitative estimate of drug-likeness (QED) is 0.837. The predicted octanol–water partition coefficient (Wildman–Crippen LogP) is 1.22. The molecule has 0 bridgehead atoms. The summed E-state index contributed by atoms with van der Waals surface area (Å²) in [5.74, 6) is 2.26. The van der Waals surface area contributed by atoms with Crippen molar-refractivity contribution in [1.82, 2.24) is 15.0 Å². The van der Waals surface area contributed by atoms with Crippen LogP contribution in [0.4, 0.5) is 0 Å². The molecule has 2 fully saturated rings. The van der Waals surface area contributed by atoms with Crippen LogP contribution in [0.1, 0.15) is 23.4 Å². The maximum Gasteiger partial charge on any atom is 0.248 e. The molecule has 6 nitrogen and oxygen atoms in total. The molecular weight excluding hydrogens is 282 g/mol. The highest BCUT2D eigenvalue weighted by molar-refractivity contribution is 5.77. The summed E-state index contributed by atoms with van der Waals surface area (Å²) in [6, 6.07) is 0. The number of likely N-dealkylation sites (tertiary alicyclic amines) is 2. The summed E-state index contributed by atoms with van der Waals surface area (Å²) in [5.41, 5.74) is 2.20. The van der Waals surface area contributed by atoms with Crippen molar-refractivity contribution in [2.45, 2.75) is 26.8 Å². The fourth-order valence-electron chi connectivity index (χ4n) is 3.76. The first kappa shape index (κ1) is 15.5. The van der Waals surface area contributed by atoms with Gasteiger partial charge < -0.3 is 14.2 Å². The van der Waals surface area contributed by atoms with Crippen LogP contribution in [0.2, 0.25) is 0 Å². The van der Waals surface area contributed by atoms with Crippen molar-refractivity contribution in [2.75, 3.05) is 39.9 Å². The monoisotopic (exact) mass is 307 g/mol. The number of ether oxygens (including phenoxy) is 1. The van der Waals surface area contributed by atoms with Gasteiger partial charge in [0.1, 0.15) is 12.4 Å². The maximum absolute atomic E-state index is 12.0. The number of hydrogen-bond acceptors (Lipinski definition) is 5. The van der Waals surface area contributed by atoms with E-state index in [9.17, 15) is 4.79 Å². The van der Waals surface area contributed by atoms with Crippen molar-refractivity contribution in [3.63, 3.8) is 0 Å². The van der Waals surface area contributed by atoms with Crippen LogP contribution < -0.4 is 0 Å². The van der Waals surface area contributed by atoms with Gasteiger partial charge in [0.05, 0.1) is 5.69 Å². The van der Waals surface area contributed by atoms with E-state index in [0.29, 0.717) is 11.8 Å². The van der Waals surface area contributed by atoms with E-state index in [1.165, 1.54) is 5.56 Å². The van der Waals surface area contributed by atoms with Crippen molar-refractivity contribution < 1.29 is 14.1 Å². The fourth-order valence-corrected chi connectivity index (χ4v) is 3.76. The van der Waals surface area contributed by atoms with Gasteiger partial charge in [-0.05, 0) is 38.6 Å². The van der Waals surface area contributed by atoms with Gasteiger partial charge in [0.2, 0.25) is 5.91 Å². The van der Waals surface area contributed by atoms with Gasteiger partial charge in [-0.15, -0.1) is 0 Å². The second-order valence-corrected chi connectivity index (χ2v) is 6.58. The number of carbonyl (C=O) groups excluding carboxylic acids is 1. The first-order valence-corrected chi connectivity index (χ1v) is 7.99. The molecule has 0 saturated carbocycles. The van der Waals surface area contributed by atoms with Crippen LogP contribution in [0.3, 0.4) is 0 Å². The fraction of sp³-hybridized carbons (Fsp3) is 0.750. The molecule has 0 radical (unpaired) electrons. The van der Waals surface area contributed by atoms with Crippen LogP contribution in [0.5, 0.6) is 0 Å². The minimum absolute atomic E-state index is 0.120. The summed E-state index contributed by atoms with van der Waals surface area (Å²) >= 11 is 0. The van der Waals surface area contributed by atoms with Crippen LogP contribution in [-0.2, 0) is 16.1 Å². The highest BCUT2D eigenvalue weighted by Gasteiger charge is 2.38. The number of rotatable bonds is 4. The molecule has 2 atom stereocenters. The lowest BCUT2D eigenvalue weighted by Crippen LogP contribution is -2.39. The summed E-state index contributed by atoms with van der Waals surface area (Å²) in [4.78, 5) is 16.4. The number of aryl methyl sites for hydroxylation is 2. The van der Waals surface area contributed by atoms with Gasteiger partial charge in [0.15, 0.2) is 0 Å². The molecule has 122 valence electrons. The van der Waals surface area contributed by atoms with E-state index >= 15 is 0 Å². The number of methoxy groups -OCH3 is 1. The van der Waals surface area contributed by atoms with E-state index in [2.05, 4.69) is 10.1 Å². The molecule has 1 aromatic rings. The van der Waals surface area contributed by atoms with E-state index in [4.69, 9.17) is 9.26 Å². The van der Waals surface area contributed by atoms with Gasteiger partial charge in [0, 0.05) is 38.9 Å². The van der Waals surface area contributed by atoms with Gasteiger partial charge in [0.25, 0.3) is 0 Å². The largest absolute Gasteiger partial charge is 0.375 e. The Bertz CT molecular complexity index is 523. The molecule has 0 unspecified atom stereocenters. The molecule has 0 aliphatic carbocycles. The number of piperidine rings is 1. The number of amides is 1. The second-order valence-electron chi connectivity index (χ2n) is 6.58. The maximum atomic E-state index is 12.0. The standard InChI is InChI=1S/C16H25N3O3/c1-11-15(12(2)22-17-11)9-18-5-4-13-7-19(8-14(13)6-18)16(20)10-21-3/h13-14H,4-10H2,1-3H3/t13-,14+/m0/s1. The zero-order valence-electron chi connectivity index (χ0n) is 13.7. The smallest absolute Gasteiger partial charge is 0.248 e. The number of carbonyl (C=O) groups is 1. The number of nitrogens with zero attached hydrogens (tertiary/aromatic N) is 3. The Labute approximate surface area is 131 Å². The average Bonchev–Trinajstić information content (AvgIpc) is 3.05. The van der Waals surface area contributed by atoms with Gasteiger partial charge in [-0.25, -0.2) is 0 Å². The summed E-state index contributed by atoms with van der Waals surface area (Å²) < 4.78 is 10.2. The zero-order chi connectivity index (χ0) is 15.7. The lowest BCUT2D eigenvalue weighted by atomic mass is 9.88. The normalized spacial score (nSPS) is 25.5. The van der Waals surface area contributed by atoms with Crippen LogP contribution in [0.15, 0.2) is 4.52 Å². The van der Waals surface area contributed by atoms with Crippen molar-refractivity contribution in [3.05, 3.63) is 17.0 Å². The molecule has 3 heterocycles. The molecule has 3 rings (SSSR count). The highest BCUT2D eigenvalue weighted by atomic mass is 16.5. The Hall–Kier alpha value is -1.40. The highest BCUT2D eigenvalue weighted by Crippen LogP contribution is 2.32. The molecule has 22 heavy (non-hydrogen) atoms. The number of hydrogen-bond donors (Lipinski definition) is 0. The van der Waals surface area contributed by atoms with Crippen molar-refractivity contribution >= 4 is 5.91 Å². The van der Waals surface area contributed by atoms with Crippen molar-refractivity contribution in [3.8, 4) is 0 Å². The lowest BCUT2D eigenvalue weighted by molar-refractivity contribution is -0.134. The molecule has 1 aromatic heterocycles. The van der Waals surface area contributed by atoms with Crippen LogP contribution in [-0.4, -0.2) is 60.8 Å². The minimum Gasteiger partial charge on any atom is -0.375 e. The summed E-state index contributed by atoms with van der Waals surface area (Å²) in [6.45, 7) is 8.96. The van der Waals surface area contributed by atoms with Gasteiger partial charge in [-0.1, -0.05) is 5.16 Å². The number of aromatic nitrogens is 1. The second kappa shape index (κ2) is 6.38. The van der Waals surface area contributed by atoms with E-state index in [-0.39, 0.29) is 12.5 Å². The predicted molar refractivity (Wildman–Crippen MR) is 81.3 cm³/mol. The molecule has 0 N–H and O–H groups in total. The van der Waals surface area contributed by atoms with Gasteiger partial charge in [-0.3, -0.25) is 9.69 Å². The third kappa shape index (κ3) is 3.03. The van der Waals surface area contributed by atoms with E-state index in [1.807, 2.05) is 18.7 Å². The summed E-state index contributed by atoms with van der Waals surface area (Å²) in [6.07, 6.45) is 1.16. The Kier molecular flexibility index (Phi) is 4.49. The molecule has 2 saturated heterocycles. The molecule has 6 heteroatoms. The van der Waals surface area contributed by atoms with E-state index in [0.717, 1.165) is 50.6 Å². The third-order valence-electron chi connectivity index (χ3n) is 5.07. The first-order valence-electron chi connectivity index (χ1n) is 7.99. The average molecular weight is 307 g/mol. The van der Waals surface area contributed by atoms with Crippen LogP contribution in [0.25, 0.3) is 0 Å². The van der Waals surface area contributed by atoms with Gasteiger partial charge in [-0.2, -0.15) is 0 Å². The number of fused-ring (bicyclic) bond motifs is 1. The summed E-state index contributed by atoms with van der Waals surface area (Å²) in [5, 5.41) is 4.04. The SMILES string of the molecule is COCC(=O)N1C[C@H]2CN(Cc3c(C)noc3C)CC[C@H]2C1. The Morgan fingerprint density at radius 2 is 2.09 bits per heavy atom. The topological polar surface area (TPSA) is 58.8 Å². The van der Waals surface area contributed by atoms with Crippen LogP contribution in [0, 0.1) is 25.7 Å². The zero-order valence-corrected chi connectivity index (χ0v) is 13.7. The Morgan fingerprint density at radius 1 is 1.32 bits per heavy atom. The lowest BCUT2D eigenvalue weighted by Gasteiger charge is -2.34. The molecule has 1 amide bonds. The minimum atomic E-state index is 0.120.